The van der Waals surface area contributed by atoms with Crippen LogP contribution >= 0.6 is 22.9 Å². The van der Waals surface area contributed by atoms with E-state index in [4.69, 9.17) is 11.6 Å². The summed E-state index contributed by atoms with van der Waals surface area (Å²) in [7, 11) is 0. The molecule has 0 aliphatic rings. The Balaban J connectivity index is 2.20. The van der Waals surface area contributed by atoms with Crippen LogP contribution in [0.5, 0.6) is 0 Å². The van der Waals surface area contributed by atoms with Gasteiger partial charge >= 0.3 is 0 Å². The Bertz CT molecular complexity index is 614. The van der Waals surface area contributed by atoms with Crippen LogP contribution in [0.2, 0.25) is 5.02 Å². The van der Waals surface area contributed by atoms with Crippen LogP contribution in [0.15, 0.2) is 35.7 Å². The highest BCUT2D eigenvalue weighted by Crippen LogP contribution is 2.25. The number of nitrogens with zero attached hydrogens (tertiary/aromatic N) is 2. The minimum atomic E-state index is -0.390. The van der Waals surface area contributed by atoms with Crippen molar-refractivity contribution in [2.24, 2.45) is 0 Å². The van der Waals surface area contributed by atoms with Crippen LogP contribution in [-0.2, 0) is 13.1 Å². The van der Waals surface area contributed by atoms with Crippen molar-refractivity contribution in [3.63, 3.8) is 0 Å². The van der Waals surface area contributed by atoms with E-state index in [9.17, 15) is 10.1 Å². The summed E-state index contributed by atoms with van der Waals surface area (Å²) in [4.78, 5) is 14.0. The number of thiophene rings is 1. The predicted octanol–water partition coefficient (Wildman–Crippen LogP) is 4.72. The minimum Gasteiger partial charge on any atom is -0.292 e. The summed E-state index contributed by atoms with van der Waals surface area (Å²) < 4.78 is 0. The summed E-state index contributed by atoms with van der Waals surface area (Å²) in [5.74, 6) is 0. The van der Waals surface area contributed by atoms with Gasteiger partial charge in [0.05, 0.1) is 4.92 Å². The van der Waals surface area contributed by atoms with Crippen molar-refractivity contribution < 1.29 is 4.92 Å². The van der Waals surface area contributed by atoms with Crippen LogP contribution in [-0.4, -0.2) is 15.9 Å². The van der Waals surface area contributed by atoms with Gasteiger partial charge in [0.2, 0.25) is 0 Å². The summed E-state index contributed by atoms with van der Waals surface area (Å²) >= 11 is 7.89. The van der Waals surface area contributed by atoms with Gasteiger partial charge in [-0.3, -0.25) is 15.0 Å². The van der Waals surface area contributed by atoms with Crippen LogP contribution in [0.1, 0.15) is 24.3 Å². The molecule has 1 heterocycles. The molecule has 0 bridgehead atoms. The van der Waals surface area contributed by atoms with Crippen molar-refractivity contribution in [2.45, 2.75) is 33.0 Å². The molecule has 0 N–H and O–H groups in total. The van der Waals surface area contributed by atoms with Gasteiger partial charge in [-0.05, 0) is 36.9 Å². The molecule has 1 aromatic heterocycles. The zero-order valence-corrected chi connectivity index (χ0v) is 13.5. The summed E-state index contributed by atoms with van der Waals surface area (Å²) in [5, 5.41) is 13.5. The van der Waals surface area contributed by atoms with Gasteiger partial charge in [0, 0.05) is 41.2 Å². The normalized spacial score (nSPS) is 11.3. The molecule has 1 aromatic carbocycles. The molecule has 0 atom stereocenters. The van der Waals surface area contributed by atoms with Gasteiger partial charge in [-0.15, -0.1) is 11.3 Å². The number of rotatable bonds is 6. The number of nitro benzene ring substituents is 1. The monoisotopic (exact) mass is 324 g/mol. The summed E-state index contributed by atoms with van der Waals surface area (Å²) in [6.07, 6.45) is 0. The van der Waals surface area contributed by atoms with Gasteiger partial charge in [0.1, 0.15) is 0 Å². The zero-order chi connectivity index (χ0) is 15.4. The van der Waals surface area contributed by atoms with E-state index >= 15 is 0 Å². The SMILES string of the molecule is CC(C)N(Cc1cccs1)Cc1cc([N+](=O)[O-])ccc1Cl. The molecule has 0 saturated heterocycles. The van der Waals surface area contributed by atoms with E-state index in [1.807, 2.05) is 11.4 Å². The number of hydrogen-bond donors (Lipinski definition) is 0. The Morgan fingerprint density at radius 2 is 2.10 bits per heavy atom. The molecule has 21 heavy (non-hydrogen) atoms. The lowest BCUT2D eigenvalue weighted by molar-refractivity contribution is -0.384. The van der Waals surface area contributed by atoms with Crippen LogP contribution < -0.4 is 0 Å². The molecule has 0 spiro atoms. The Kier molecular flexibility index (Phi) is 5.33. The van der Waals surface area contributed by atoms with Gasteiger partial charge in [-0.25, -0.2) is 0 Å². The van der Waals surface area contributed by atoms with E-state index in [1.54, 1.807) is 23.5 Å². The first-order valence-corrected chi connectivity index (χ1v) is 7.92. The first-order chi connectivity index (χ1) is 9.97. The Labute approximate surface area is 133 Å². The van der Waals surface area contributed by atoms with Gasteiger partial charge in [-0.2, -0.15) is 0 Å². The fourth-order valence-corrected chi connectivity index (χ4v) is 2.95. The molecule has 0 aliphatic heterocycles. The number of halogens is 1. The van der Waals surface area contributed by atoms with E-state index in [0.717, 1.165) is 12.1 Å². The first-order valence-electron chi connectivity index (χ1n) is 6.66. The van der Waals surface area contributed by atoms with E-state index in [0.29, 0.717) is 17.6 Å². The predicted molar refractivity (Wildman–Crippen MR) is 86.8 cm³/mol. The van der Waals surface area contributed by atoms with Gasteiger partial charge in [-0.1, -0.05) is 17.7 Å². The van der Waals surface area contributed by atoms with Crippen molar-refractivity contribution in [1.82, 2.24) is 4.90 Å². The van der Waals surface area contributed by atoms with Crippen molar-refractivity contribution in [3.05, 3.63) is 61.3 Å². The van der Waals surface area contributed by atoms with Gasteiger partial charge < -0.3 is 0 Å². The lowest BCUT2D eigenvalue weighted by Gasteiger charge is -2.26. The summed E-state index contributed by atoms with van der Waals surface area (Å²) in [6.45, 7) is 5.63. The Morgan fingerprint density at radius 3 is 2.67 bits per heavy atom. The van der Waals surface area contributed by atoms with E-state index < -0.39 is 4.92 Å². The number of benzene rings is 1. The molecule has 0 radical (unpaired) electrons. The van der Waals surface area contributed by atoms with Crippen molar-refractivity contribution >= 4 is 28.6 Å². The largest absolute Gasteiger partial charge is 0.292 e. The summed E-state index contributed by atoms with van der Waals surface area (Å²) in [6, 6.07) is 9.03. The van der Waals surface area contributed by atoms with Crippen LogP contribution in [0.25, 0.3) is 0 Å². The van der Waals surface area contributed by atoms with Crippen LogP contribution in [0, 0.1) is 10.1 Å². The third-order valence-electron chi connectivity index (χ3n) is 3.28. The molecule has 112 valence electrons. The smallest absolute Gasteiger partial charge is 0.269 e. The lowest BCUT2D eigenvalue weighted by atomic mass is 10.1. The van der Waals surface area contributed by atoms with E-state index in [-0.39, 0.29) is 5.69 Å². The first kappa shape index (κ1) is 15.9. The average Bonchev–Trinajstić information content (AvgIpc) is 2.92. The molecule has 6 heteroatoms. The molecule has 0 amide bonds. The molecular formula is C15H17ClN2O2S. The molecule has 0 saturated carbocycles. The third-order valence-corrected chi connectivity index (χ3v) is 4.51. The van der Waals surface area contributed by atoms with E-state index in [1.165, 1.54) is 10.9 Å². The van der Waals surface area contributed by atoms with E-state index in [2.05, 4.69) is 24.8 Å². The molecule has 2 rings (SSSR count). The molecule has 0 unspecified atom stereocenters. The van der Waals surface area contributed by atoms with Crippen LogP contribution in [0.4, 0.5) is 5.69 Å². The fourth-order valence-electron chi connectivity index (χ4n) is 2.04. The quantitative estimate of drug-likeness (QED) is 0.570. The lowest BCUT2D eigenvalue weighted by Crippen LogP contribution is -2.29. The maximum Gasteiger partial charge on any atom is 0.269 e. The average molecular weight is 325 g/mol. The van der Waals surface area contributed by atoms with Gasteiger partial charge in [0.15, 0.2) is 0 Å². The maximum absolute atomic E-state index is 10.9. The second-order valence-electron chi connectivity index (χ2n) is 5.11. The van der Waals surface area contributed by atoms with Gasteiger partial charge in [0.25, 0.3) is 5.69 Å². The second kappa shape index (κ2) is 7.02. The van der Waals surface area contributed by atoms with Crippen LogP contribution in [0.3, 0.4) is 0 Å². The second-order valence-corrected chi connectivity index (χ2v) is 6.55. The summed E-state index contributed by atoms with van der Waals surface area (Å²) in [5.41, 5.74) is 0.866. The highest BCUT2D eigenvalue weighted by Gasteiger charge is 2.16. The highest BCUT2D eigenvalue weighted by molar-refractivity contribution is 7.09. The Morgan fingerprint density at radius 1 is 1.33 bits per heavy atom. The third kappa shape index (κ3) is 4.27. The van der Waals surface area contributed by atoms with Crippen molar-refractivity contribution in [2.75, 3.05) is 0 Å². The molecular weight excluding hydrogens is 308 g/mol. The zero-order valence-electron chi connectivity index (χ0n) is 12.0. The highest BCUT2D eigenvalue weighted by atomic mass is 35.5. The van der Waals surface area contributed by atoms with Crippen molar-refractivity contribution in [1.29, 1.82) is 0 Å². The minimum absolute atomic E-state index is 0.0780. The molecule has 0 fully saturated rings. The van der Waals surface area contributed by atoms with Crippen molar-refractivity contribution in [3.8, 4) is 0 Å². The standard InChI is InChI=1S/C15H17ClN2O2S/c1-11(2)17(10-14-4-3-7-21-14)9-12-8-13(18(19)20)5-6-15(12)16/h3-8,11H,9-10H2,1-2H3. The number of hydrogen-bond acceptors (Lipinski definition) is 4. The Hall–Kier alpha value is -1.43. The number of non-ortho nitro benzene ring substituents is 1. The number of nitro groups is 1. The fraction of sp³-hybridized carbons (Fsp3) is 0.333. The topological polar surface area (TPSA) is 46.4 Å². The maximum atomic E-state index is 10.9. The molecule has 4 nitrogen and oxygen atoms in total. The molecule has 0 aliphatic carbocycles. The molecule has 2 aromatic rings.